The number of amides is 1. The molecule has 0 radical (unpaired) electrons. The summed E-state index contributed by atoms with van der Waals surface area (Å²) in [5.74, 6) is -1.09. The highest BCUT2D eigenvalue weighted by molar-refractivity contribution is 7.92. The standard InChI is InChI=1S/C19H21FN2O5S2/c1-13(15-3-2-4-16(20)11-15)21-19(23)14-5-7-18(8-6-14)29(26,27)22-17-9-10-28(24,25)12-17/h2-8,11,13,17,22H,9-10,12H2,1H3,(H,21,23). The summed E-state index contributed by atoms with van der Waals surface area (Å²) in [6.07, 6.45) is 0.236. The first-order valence-electron chi connectivity index (χ1n) is 8.95. The van der Waals surface area contributed by atoms with Gasteiger partial charge in [-0.3, -0.25) is 4.79 Å². The van der Waals surface area contributed by atoms with E-state index in [4.69, 9.17) is 0 Å². The summed E-state index contributed by atoms with van der Waals surface area (Å²) < 4.78 is 63.6. The number of carbonyl (C=O) groups excluding carboxylic acids is 1. The number of benzene rings is 2. The Morgan fingerprint density at radius 1 is 1.17 bits per heavy atom. The molecular formula is C19H21FN2O5S2. The number of rotatable bonds is 6. The summed E-state index contributed by atoms with van der Waals surface area (Å²) in [5, 5.41) is 2.73. The summed E-state index contributed by atoms with van der Waals surface area (Å²) in [5.41, 5.74) is 0.851. The van der Waals surface area contributed by atoms with E-state index in [0.29, 0.717) is 5.56 Å². The van der Waals surface area contributed by atoms with E-state index in [-0.39, 0.29) is 28.4 Å². The van der Waals surface area contributed by atoms with Crippen LogP contribution in [-0.4, -0.2) is 40.3 Å². The van der Waals surface area contributed by atoms with Crippen molar-refractivity contribution in [3.63, 3.8) is 0 Å². The van der Waals surface area contributed by atoms with Gasteiger partial charge < -0.3 is 5.32 Å². The van der Waals surface area contributed by atoms with Crippen molar-refractivity contribution in [3.05, 3.63) is 65.5 Å². The molecule has 2 atom stereocenters. The largest absolute Gasteiger partial charge is 0.346 e. The molecule has 0 spiro atoms. The molecule has 0 aliphatic carbocycles. The highest BCUT2D eigenvalue weighted by atomic mass is 32.2. The minimum atomic E-state index is -3.89. The smallest absolute Gasteiger partial charge is 0.251 e. The number of hydrogen-bond acceptors (Lipinski definition) is 5. The predicted molar refractivity (Wildman–Crippen MR) is 106 cm³/mol. The fourth-order valence-electron chi connectivity index (χ4n) is 3.10. The fraction of sp³-hybridized carbons (Fsp3) is 0.316. The van der Waals surface area contributed by atoms with Gasteiger partial charge in [0.15, 0.2) is 9.84 Å². The van der Waals surface area contributed by atoms with Crippen LogP contribution in [0.4, 0.5) is 4.39 Å². The van der Waals surface area contributed by atoms with E-state index in [1.807, 2.05) is 0 Å². The first kappa shape index (κ1) is 21.4. The van der Waals surface area contributed by atoms with E-state index in [0.717, 1.165) is 0 Å². The average molecular weight is 441 g/mol. The molecule has 0 aromatic heterocycles. The molecule has 29 heavy (non-hydrogen) atoms. The van der Waals surface area contributed by atoms with Gasteiger partial charge in [-0.25, -0.2) is 25.9 Å². The van der Waals surface area contributed by atoms with Gasteiger partial charge in [-0.15, -0.1) is 0 Å². The molecule has 1 aliphatic heterocycles. The lowest BCUT2D eigenvalue weighted by Crippen LogP contribution is -2.35. The van der Waals surface area contributed by atoms with E-state index in [9.17, 15) is 26.0 Å². The van der Waals surface area contributed by atoms with Crippen molar-refractivity contribution in [3.8, 4) is 0 Å². The molecule has 3 rings (SSSR count). The molecule has 2 N–H and O–H groups in total. The summed E-state index contributed by atoms with van der Waals surface area (Å²) in [6.45, 7) is 1.71. The number of nitrogens with one attached hydrogen (secondary N) is 2. The van der Waals surface area contributed by atoms with Gasteiger partial charge in [-0.1, -0.05) is 12.1 Å². The molecule has 1 heterocycles. The number of hydrogen-bond donors (Lipinski definition) is 2. The molecule has 7 nitrogen and oxygen atoms in total. The van der Waals surface area contributed by atoms with E-state index in [2.05, 4.69) is 10.0 Å². The SMILES string of the molecule is CC(NC(=O)c1ccc(S(=O)(=O)NC2CCS(=O)(=O)C2)cc1)c1cccc(F)c1. The predicted octanol–water partition coefficient (Wildman–Crippen LogP) is 1.78. The van der Waals surface area contributed by atoms with Crippen molar-refractivity contribution in [2.24, 2.45) is 0 Å². The Hall–Kier alpha value is -2.30. The molecule has 156 valence electrons. The maximum absolute atomic E-state index is 13.3. The Morgan fingerprint density at radius 3 is 2.45 bits per heavy atom. The van der Waals surface area contributed by atoms with Gasteiger partial charge in [0.05, 0.1) is 22.4 Å². The van der Waals surface area contributed by atoms with Gasteiger partial charge in [0, 0.05) is 11.6 Å². The molecule has 1 amide bonds. The van der Waals surface area contributed by atoms with E-state index < -0.39 is 43.7 Å². The highest BCUT2D eigenvalue weighted by Gasteiger charge is 2.31. The first-order valence-corrected chi connectivity index (χ1v) is 12.3. The minimum absolute atomic E-state index is 0.0389. The summed E-state index contributed by atoms with van der Waals surface area (Å²) in [7, 11) is -7.10. The molecule has 2 aromatic carbocycles. The summed E-state index contributed by atoms with van der Waals surface area (Å²) in [4.78, 5) is 12.3. The minimum Gasteiger partial charge on any atom is -0.346 e. The van der Waals surface area contributed by atoms with Crippen molar-refractivity contribution in [1.29, 1.82) is 0 Å². The maximum atomic E-state index is 13.3. The number of sulfone groups is 1. The molecule has 2 aromatic rings. The zero-order valence-corrected chi connectivity index (χ0v) is 17.3. The van der Waals surface area contributed by atoms with Crippen molar-refractivity contribution in [2.45, 2.75) is 30.3 Å². The highest BCUT2D eigenvalue weighted by Crippen LogP contribution is 2.18. The van der Waals surface area contributed by atoms with E-state index in [1.165, 1.54) is 36.4 Å². The Morgan fingerprint density at radius 2 is 1.86 bits per heavy atom. The molecular weight excluding hydrogens is 419 g/mol. The lowest BCUT2D eigenvalue weighted by molar-refractivity contribution is 0.0939. The maximum Gasteiger partial charge on any atom is 0.251 e. The zero-order chi connectivity index (χ0) is 21.2. The number of carbonyl (C=O) groups is 1. The third-order valence-electron chi connectivity index (χ3n) is 4.68. The Bertz CT molecular complexity index is 1120. The number of halogens is 1. The monoisotopic (exact) mass is 440 g/mol. The van der Waals surface area contributed by atoms with Crippen LogP contribution in [0.5, 0.6) is 0 Å². The second-order valence-corrected chi connectivity index (χ2v) is 10.9. The normalized spacial score (nSPS) is 19.6. The van der Waals surface area contributed by atoms with Crippen LogP contribution in [0.15, 0.2) is 53.4 Å². The Kier molecular flexibility index (Phi) is 6.06. The van der Waals surface area contributed by atoms with Crippen molar-refractivity contribution < 1.29 is 26.0 Å². The van der Waals surface area contributed by atoms with Crippen molar-refractivity contribution in [1.82, 2.24) is 10.0 Å². The van der Waals surface area contributed by atoms with Gasteiger partial charge in [0.1, 0.15) is 5.82 Å². The second-order valence-electron chi connectivity index (χ2n) is 7.00. The van der Waals surface area contributed by atoms with Crippen LogP contribution in [0.3, 0.4) is 0 Å². The first-order chi connectivity index (χ1) is 13.6. The fourth-order valence-corrected chi connectivity index (χ4v) is 6.15. The van der Waals surface area contributed by atoms with Crippen LogP contribution < -0.4 is 10.0 Å². The lowest BCUT2D eigenvalue weighted by Gasteiger charge is -2.15. The lowest BCUT2D eigenvalue weighted by atomic mass is 10.1. The van der Waals surface area contributed by atoms with Gasteiger partial charge >= 0.3 is 0 Å². The molecule has 10 heteroatoms. The van der Waals surface area contributed by atoms with Crippen LogP contribution in [0, 0.1) is 5.82 Å². The van der Waals surface area contributed by atoms with Crippen LogP contribution in [0.25, 0.3) is 0 Å². The van der Waals surface area contributed by atoms with Crippen LogP contribution in [0.2, 0.25) is 0 Å². The van der Waals surface area contributed by atoms with Crippen molar-refractivity contribution >= 4 is 25.8 Å². The summed E-state index contributed by atoms with van der Waals surface area (Å²) in [6, 6.07) is 10.1. The molecule has 1 fully saturated rings. The second kappa shape index (κ2) is 8.21. The molecule has 0 saturated carbocycles. The Labute approximate surface area is 169 Å². The van der Waals surface area contributed by atoms with Gasteiger partial charge in [-0.05, 0) is 55.3 Å². The third-order valence-corrected chi connectivity index (χ3v) is 7.98. The van der Waals surface area contributed by atoms with Crippen LogP contribution >= 0.6 is 0 Å². The number of sulfonamides is 1. The molecule has 1 aliphatic rings. The quantitative estimate of drug-likeness (QED) is 0.712. The molecule has 2 unspecified atom stereocenters. The van der Waals surface area contributed by atoms with E-state index in [1.54, 1.807) is 19.1 Å². The topological polar surface area (TPSA) is 109 Å². The Balaban J connectivity index is 1.66. The van der Waals surface area contributed by atoms with Crippen molar-refractivity contribution in [2.75, 3.05) is 11.5 Å². The van der Waals surface area contributed by atoms with Crippen LogP contribution in [-0.2, 0) is 19.9 Å². The van der Waals surface area contributed by atoms with E-state index >= 15 is 0 Å². The van der Waals surface area contributed by atoms with Gasteiger partial charge in [-0.2, -0.15) is 0 Å². The third kappa shape index (κ3) is 5.40. The molecule has 0 bridgehead atoms. The van der Waals surface area contributed by atoms with Gasteiger partial charge in [0.2, 0.25) is 10.0 Å². The van der Waals surface area contributed by atoms with Crippen LogP contribution in [0.1, 0.15) is 35.3 Å². The van der Waals surface area contributed by atoms with Gasteiger partial charge in [0.25, 0.3) is 5.91 Å². The average Bonchev–Trinajstić information content (AvgIpc) is 2.99. The summed E-state index contributed by atoms with van der Waals surface area (Å²) >= 11 is 0. The molecule has 1 saturated heterocycles. The zero-order valence-electron chi connectivity index (χ0n) is 15.6.